The molecule has 2 N–H and O–H groups in total. The van der Waals surface area contributed by atoms with Gasteiger partial charge in [0, 0.05) is 0 Å². The van der Waals surface area contributed by atoms with Gasteiger partial charge in [-0.25, -0.2) is 0 Å². The number of phenols is 1. The number of carbonyl (C=O) groups is 1. The second kappa shape index (κ2) is 6.58. The van der Waals surface area contributed by atoms with Crippen LogP contribution < -0.4 is 4.74 Å². The van der Waals surface area contributed by atoms with Crippen LogP contribution in [0.2, 0.25) is 0 Å². The molecule has 0 bridgehead atoms. The van der Waals surface area contributed by atoms with Gasteiger partial charge in [0.05, 0.1) is 24.8 Å². The van der Waals surface area contributed by atoms with Crippen molar-refractivity contribution in [2.75, 3.05) is 7.11 Å². The summed E-state index contributed by atoms with van der Waals surface area (Å²) >= 11 is 0. The zero-order chi connectivity index (χ0) is 19.8. The number of aromatic hydroxyl groups is 1. The number of hydrogen-bond donors (Lipinski definition) is 2. The highest BCUT2D eigenvalue weighted by atomic mass is 19.4. The predicted molar refractivity (Wildman–Crippen MR) is 89.4 cm³/mol. The Morgan fingerprint density at radius 1 is 1.19 bits per heavy atom. The number of halogens is 3. The Kier molecular flexibility index (Phi) is 4.56. The number of alkyl halides is 3. The van der Waals surface area contributed by atoms with Crippen LogP contribution in [0.25, 0.3) is 0 Å². The lowest BCUT2D eigenvalue weighted by atomic mass is 10.0. The lowest BCUT2D eigenvalue weighted by Crippen LogP contribution is -2.56. The number of phenolic OH excluding ortho intramolecular Hbond substituents is 1. The third kappa shape index (κ3) is 3.21. The molecule has 0 spiro atoms. The molecule has 6 nitrogen and oxygen atoms in total. The van der Waals surface area contributed by atoms with Crippen molar-refractivity contribution in [2.24, 2.45) is 5.10 Å². The summed E-state index contributed by atoms with van der Waals surface area (Å²) in [6.07, 6.45) is -6.10. The van der Waals surface area contributed by atoms with Gasteiger partial charge >= 0.3 is 6.18 Å². The molecule has 1 heterocycles. The van der Waals surface area contributed by atoms with E-state index >= 15 is 0 Å². The molecular weight excluding hydrogens is 365 g/mol. The fourth-order valence-electron chi connectivity index (χ4n) is 2.69. The normalized spacial score (nSPS) is 19.7. The van der Waals surface area contributed by atoms with Crippen molar-refractivity contribution in [3.8, 4) is 11.5 Å². The van der Waals surface area contributed by atoms with E-state index in [2.05, 4.69) is 5.10 Å². The summed E-state index contributed by atoms with van der Waals surface area (Å²) in [6.45, 7) is 0. The van der Waals surface area contributed by atoms with Crippen LogP contribution in [0.3, 0.4) is 0 Å². The number of methoxy groups -OCH3 is 1. The molecule has 2 aromatic carbocycles. The summed E-state index contributed by atoms with van der Waals surface area (Å²) in [6, 6.07) is 11.1. The Labute approximate surface area is 152 Å². The lowest BCUT2D eigenvalue weighted by Gasteiger charge is -2.32. The highest BCUT2D eigenvalue weighted by Crippen LogP contribution is 2.42. The van der Waals surface area contributed by atoms with E-state index < -0.39 is 35.5 Å². The number of benzene rings is 2. The summed E-state index contributed by atoms with van der Waals surface area (Å²) in [5, 5.41) is 23.8. The summed E-state index contributed by atoms with van der Waals surface area (Å²) in [5.41, 5.74) is -3.76. The molecule has 1 atom stereocenters. The van der Waals surface area contributed by atoms with Crippen LogP contribution >= 0.6 is 0 Å². The number of rotatable bonds is 3. The van der Waals surface area contributed by atoms with Crippen LogP contribution in [-0.2, 0) is 0 Å². The fourth-order valence-corrected chi connectivity index (χ4v) is 2.69. The van der Waals surface area contributed by atoms with Crippen LogP contribution in [0.15, 0.2) is 53.6 Å². The zero-order valence-electron chi connectivity index (χ0n) is 14.1. The van der Waals surface area contributed by atoms with Crippen LogP contribution in [0.1, 0.15) is 22.3 Å². The third-order valence-corrected chi connectivity index (χ3v) is 4.19. The first-order chi connectivity index (χ1) is 12.7. The summed E-state index contributed by atoms with van der Waals surface area (Å²) in [4.78, 5) is 12.6. The van der Waals surface area contributed by atoms with E-state index in [1.165, 1.54) is 43.5 Å². The molecule has 1 aliphatic heterocycles. The van der Waals surface area contributed by atoms with Gasteiger partial charge in [0.15, 0.2) is 0 Å². The smallest absolute Gasteiger partial charge is 0.438 e. The average Bonchev–Trinajstić information content (AvgIpc) is 3.00. The Morgan fingerprint density at radius 3 is 2.37 bits per heavy atom. The number of amides is 1. The minimum Gasteiger partial charge on any atom is -0.507 e. The second-order valence-electron chi connectivity index (χ2n) is 5.90. The molecule has 142 valence electrons. The van der Waals surface area contributed by atoms with Crippen molar-refractivity contribution >= 4 is 11.6 Å². The summed E-state index contributed by atoms with van der Waals surface area (Å²) in [7, 11) is 1.44. The Hall–Kier alpha value is -3.07. The largest absolute Gasteiger partial charge is 0.507 e. The van der Waals surface area contributed by atoms with Crippen molar-refractivity contribution in [3.63, 3.8) is 0 Å². The van der Waals surface area contributed by atoms with Crippen LogP contribution in [-0.4, -0.2) is 45.9 Å². The zero-order valence-corrected chi connectivity index (χ0v) is 14.1. The monoisotopic (exact) mass is 380 g/mol. The van der Waals surface area contributed by atoms with Crippen molar-refractivity contribution < 1.29 is 32.9 Å². The molecule has 0 fully saturated rings. The standard InChI is InChI=1S/C18H15F3N2O4/c1-27-12-8-6-11(7-9-12)14-10-17(26,18(19,20)21)23(22-14)16(25)13-4-2-3-5-15(13)24/h2-9,24,26H,10H2,1H3. The molecule has 3 rings (SSSR count). The third-order valence-electron chi connectivity index (χ3n) is 4.19. The molecule has 27 heavy (non-hydrogen) atoms. The van der Waals surface area contributed by atoms with Crippen LogP contribution in [0.4, 0.5) is 13.2 Å². The molecular formula is C18H15F3N2O4. The second-order valence-corrected chi connectivity index (χ2v) is 5.90. The van der Waals surface area contributed by atoms with Crippen molar-refractivity contribution in [3.05, 3.63) is 59.7 Å². The topological polar surface area (TPSA) is 82.4 Å². The lowest BCUT2D eigenvalue weighted by molar-refractivity contribution is -0.297. The maximum absolute atomic E-state index is 13.6. The predicted octanol–water partition coefficient (Wildman–Crippen LogP) is 2.90. The SMILES string of the molecule is COc1ccc(C2=NN(C(=O)c3ccccc3O)C(O)(C(F)(F)F)C2)cc1. The van der Waals surface area contributed by atoms with Gasteiger partial charge < -0.3 is 14.9 Å². The first-order valence-corrected chi connectivity index (χ1v) is 7.81. The summed E-state index contributed by atoms with van der Waals surface area (Å²) < 4.78 is 45.7. The van der Waals surface area contributed by atoms with E-state index in [1.54, 1.807) is 0 Å². The first-order valence-electron chi connectivity index (χ1n) is 7.81. The van der Waals surface area contributed by atoms with Crippen molar-refractivity contribution in [2.45, 2.75) is 18.3 Å². The molecule has 2 aromatic rings. The van der Waals surface area contributed by atoms with Gasteiger partial charge in [0.2, 0.25) is 0 Å². The van der Waals surface area contributed by atoms with Gasteiger partial charge in [-0.2, -0.15) is 23.3 Å². The number of para-hydroxylation sites is 1. The molecule has 0 radical (unpaired) electrons. The fraction of sp³-hybridized carbons (Fsp3) is 0.222. The Balaban J connectivity index is 2.05. The van der Waals surface area contributed by atoms with Crippen LogP contribution in [0, 0.1) is 0 Å². The van der Waals surface area contributed by atoms with E-state index in [1.807, 2.05) is 0 Å². The minimum atomic E-state index is -5.16. The molecule has 0 aliphatic carbocycles. The molecule has 1 amide bonds. The van der Waals surface area contributed by atoms with E-state index in [-0.39, 0.29) is 10.7 Å². The number of nitrogens with zero attached hydrogens (tertiary/aromatic N) is 2. The molecule has 9 heteroatoms. The molecule has 0 saturated carbocycles. The van der Waals surface area contributed by atoms with Gasteiger partial charge in [-0.05, 0) is 42.0 Å². The highest BCUT2D eigenvalue weighted by Gasteiger charge is 2.63. The average molecular weight is 380 g/mol. The Morgan fingerprint density at radius 2 is 1.81 bits per heavy atom. The number of ether oxygens (including phenoxy) is 1. The quantitative estimate of drug-likeness (QED) is 0.858. The van der Waals surface area contributed by atoms with Crippen molar-refractivity contribution in [1.29, 1.82) is 0 Å². The maximum atomic E-state index is 13.6. The molecule has 1 aliphatic rings. The van der Waals surface area contributed by atoms with Crippen molar-refractivity contribution in [1.82, 2.24) is 5.01 Å². The number of carbonyl (C=O) groups excluding carboxylic acids is 1. The van der Waals surface area contributed by atoms with E-state index in [0.717, 1.165) is 12.1 Å². The van der Waals surface area contributed by atoms with E-state index in [0.29, 0.717) is 11.3 Å². The molecule has 0 saturated heterocycles. The van der Waals surface area contributed by atoms with Gasteiger partial charge in [0.25, 0.3) is 11.6 Å². The van der Waals surface area contributed by atoms with Crippen LogP contribution in [0.5, 0.6) is 11.5 Å². The van der Waals surface area contributed by atoms with Gasteiger partial charge in [0.1, 0.15) is 11.5 Å². The first kappa shape index (κ1) is 18.7. The van der Waals surface area contributed by atoms with Gasteiger partial charge in [-0.3, -0.25) is 4.79 Å². The van der Waals surface area contributed by atoms with E-state index in [9.17, 15) is 28.2 Å². The highest BCUT2D eigenvalue weighted by molar-refractivity contribution is 6.06. The summed E-state index contributed by atoms with van der Waals surface area (Å²) in [5.74, 6) is -1.29. The minimum absolute atomic E-state index is 0.0262. The number of hydrazone groups is 1. The van der Waals surface area contributed by atoms with Gasteiger partial charge in [-0.1, -0.05) is 12.1 Å². The maximum Gasteiger partial charge on any atom is 0.438 e. The van der Waals surface area contributed by atoms with Gasteiger partial charge in [-0.15, -0.1) is 0 Å². The molecule has 0 aromatic heterocycles. The number of hydrogen-bond acceptors (Lipinski definition) is 5. The van der Waals surface area contributed by atoms with E-state index in [4.69, 9.17) is 4.74 Å². The number of aliphatic hydroxyl groups is 1. The Bertz CT molecular complexity index is 896. The molecule has 1 unspecified atom stereocenters.